The Bertz CT molecular complexity index is 352. The van der Waals surface area contributed by atoms with Crippen molar-refractivity contribution in [1.82, 2.24) is 0 Å². The van der Waals surface area contributed by atoms with E-state index in [-0.39, 0.29) is 18.8 Å². The molecule has 1 rings (SSSR count). The molecular weight excluding hydrogens is 214 g/mol. The number of nitrogens with two attached hydrogens (primary N) is 1. The van der Waals surface area contributed by atoms with Gasteiger partial charge in [0.1, 0.15) is 0 Å². The molecule has 0 aliphatic carbocycles. The minimum absolute atomic E-state index is 0. The highest BCUT2D eigenvalue weighted by Gasteiger charge is 2.10. The van der Waals surface area contributed by atoms with Gasteiger partial charge in [-0.05, 0) is 30.5 Å². The van der Waals surface area contributed by atoms with Gasteiger partial charge in [0.05, 0.1) is 6.42 Å². The van der Waals surface area contributed by atoms with Crippen LogP contribution >= 0.6 is 12.4 Å². The van der Waals surface area contributed by atoms with Crippen LogP contribution in [-0.4, -0.2) is 11.1 Å². The Morgan fingerprint density at radius 2 is 2.00 bits per heavy atom. The van der Waals surface area contributed by atoms with E-state index in [0.29, 0.717) is 0 Å². The molecule has 3 nitrogen and oxygen atoms in total. The second kappa shape index (κ2) is 5.73. The van der Waals surface area contributed by atoms with E-state index >= 15 is 0 Å². The molecule has 0 aliphatic rings. The molecule has 0 spiro atoms. The van der Waals surface area contributed by atoms with Crippen molar-refractivity contribution in [3.05, 3.63) is 34.9 Å². The Kier molecular flexibility index (Phi) is 5.33. The molecule has 1 aromatic rings. The lowest BCUT2D eigenvalue weighted by Crippen LogP contribution is -2.15. The van der Waals surface area contributed by atoms with Crippen molar-refractivity contribution in [1.29, 1.82) is 0 Å². The SMILES string of the molecule is Cc1ccc([C@@H](N)CC(=O)O)cc1C.Cl. The molecule has 3 N–H and O–H groups in total. The van der Waals surface area contributed by atoms with Gasteiger partial charge in [-0.1, -0.05) is 18.2 Å². The minimum atomic E-state index is -0.865. The highest BCUT2D eigenvalue weighted by Crippen LogP contribution is 2.17. The van der Waals surface area contributed by atoms with Crippen LogP contribution in [0.1, 0.15) is 29.2 Å². The van der Waals surface area contributed by atoms with Crippen molar-refractivity contribution in [2.75, 3.05) is 0 Å². The number of benzene rings is 1. The molecule has 0 unspecified atom stereocenters. The molecule has 15 heavy (non-hydrogen) atoms. The van der Waals surface area contributed by atoms with Gasteiger partial charge in [-0.3, -0.25) is 4.79 Å². The highest BCUT2D eigenvalue weighted by molar-refractivity contribution is 5.85. The Morgan fingerprint density at radius 1 is 1.40 bits per heavy atom. The normalized spacial score (nSPS) is 11.7. The predicted octanol–water partition coefficient (Wildman–Crippen LogP) is 2.20. The molecule has 0 saturated carbocycles. The zero-order chi connectivity index (χ0) is 10.7. The van der Waals surface area contributed by atoms with Crippen molar-refractivity contribution in [2.24, 2.45) is 5.73 Å². The first kappa shape index (κ1) is 13.9. The third-order valence-corrected chi connectivity index (χ3v) is 2.35. The van der Waals surface area contributed by atoms with Gasteiger partial charge in [0, 0.05) is 6.04 Å². The topological polar surface area (TPSA) is 63.3 Å². The minimum Gasteiger partial charge on any atom is -0.481 e. The summed E-state index contributed by atoms with van der Waals surface area (Å²) in [6.45, 7) is 4.01. The first-order valence-electron chi connectivity index (χ1n) is 4.55. The number of carbonyl (C=O) groups is 1. The van der Waals surface area contributed by atoms with E-state index in [1.165, 1.54) is 5.56 Å². The zero-order valence-electron chi connectivity index (χ0n) is 8.86. The molecule has 0 aromatic heterocycles. The monoisotopic (exact) mass is 229 g/mol. The van der Waals surface area contributed by atoms with Gasteiger partial charge in [0.15, 0.2) is 0 Å². The van der Waals surface area contributed by atoms with E-state index in [1.54, 1.807) is 0 Å². The van der Waals surface area contributed by atoms with Gasteiger partial charge in [-0.15, -0.1) is 12.4 Å². The molecule has 1 atom stereocenters. The van der Waals surface area contributed by atoms with Crippen LogP contribution in [0.4, 0.5) is 0 Å². The smallest absolute Gasteiger partial charge is 0.305 e. The molecule has 0 heterocycles. The average molecular weight is 230 g/mol. The predicted molar refractivity (Wildman–Crippen MR) is 62.3 cm³/mol. The quantitative estimate of drug-likeness (QED) is 0.835. The Hall–Kier alpha value is -1.06. The summed E-state index contributed by atoms with van der Waals surface area (Å²) in [6.07, 6.45) is -0.0253. The summed E-state index contributed by atoms with van der Waals surface area (Å²) >= 11 is 0. The lowest BCUT2D eigenvalue weighted by molar-refractivity contribution is -0.137. The average Bonchev–Trinajstić information content (AvgIpc) is 2.08. The van der Waals surface area contributed by atoms with Crippen LogP contribution < -0.4 is 5.73 Å². The standard InChI is InChI=1S/C11H15NO2.ClH/c1-7-3-4-9(5-8(7)2)10(12)6-11(13)14;/h3-5,10H,6,12H2,1-2H3,(H,13,14);1H/t10-;/m0./s1. The van der Waals surface area contributed by atoms with Gasteiger partial charge in [-0.2, -0.15) is 0 Å². The molecule has 4 heteroatoms. The maximum absolute atomic E-state index is 10.5. The molecule has 1 aromatic carbocycles. The van der Waals surface area contributed by atoms with Crippen LogP contribution in [-0.2, 0) is 4.79 Å². The maximum atomic E-state index is 10.5. The van der Waals surface area contributed by atoms with Crippen molar-refractivity contribution in [3.63, 3.8) is 0 Å². The van der Waals surface area contributed by atoms with E-state index in [9.17, 15) is 4.79 Å². The molecule has 0 bridgehead atoms. The fourth-order valence-corrected chi connectivity index (χ4v) is 1.30. The molecule has 0 saturated heterocycles. The van der Waals surface area contributed by atoms with Gasteiger partial charge in [0.2, 0.25) is 0 Å². The zero-order valence-corrected chi connectivity index (χ0v) is 9.67. The van der Waals surface area contributed by atoms with E-state index in [0.717, 1.165) is 11.1 Å². The molecule has 84 valence electrons. The van der Waals surface area contributed by atoms with Gasteiger partial charge in [0.25, 0.3) is 0 Å². The fourth-order valence-electron chi connectivity index (χ4n) is 1.30. The van der Waals surface area contributed by atoms with E-state index in [2.05, 4.69) is 0 Å². The van der Waals surface area contributed by atoms with Crippen LogP contribution in [0.3, 0.4) is 0 Å². The first-order chi connectivity index (χ1) is 6.50. The summed E-state index contributed by atoms with van der Waals surface area (Å²) in [6, 6.07) is 5.39. The maximum Gasteiger partial charge on any atom is 0.305 e. The number of hydrogen-bond acceptors (Lipinski definition) is 2. The Morgan fingerprint density at radius 3 is 2.47 bits per heavy atom. The van der Waals surface area contributed by atoms with E-state index in [4.69, 9.17) is 10.8 Å². The summed E-state index contributed by atoms with van der Waals surface area (Å²) in [5, 5.41) is 8.59. The third-order valence-electron chi connectivity index (χ3n) is 2.35. The van der Waals surface area contributed by atoms with Gasteiger partial charge >= 0.3 is 5.97 Å². The van der Waals surface area contributed by atoms with Crippen molar-refractivity contribution in [2.45, 2.75) is 26.3 Å². The number of carboxylic acids is 1. The van der Waals surface area contributed by atoms with Crippen LogP contribution in [0.5, 0.6) is 0 Å². The summed E-state index contributed by atoms with van der Waals surface area (Å²) in [4.78, 5) is 10.5. The molecule has 0 amide bonds. The summed E-state index contributed by atoms with van der Waals surface area (Å²) in [7, 11) is 0. The Labute approximate surface area is 95.7 Å². The summed E-state index contributed by atoms with van der Waals surface area (Å²) in [5.41, 5.74) is 8.95. The summed E-state index contributed by atoms with van der Waals surface area (Å²) < 4.78 is 0. The number of aryl methyl sites for hydroxylation is 2. The first-order valence-corrected chi connectivity index (χ1v) is 4.55. The van der Waals surface area contributed by atoms with Crippen molar-refractivity contribution >= 4 is 18.4 Å². The highest BCUT2D eigenvalue weighted by atomic mass is 35.5. The summed E-state index contributed by atoms with van der Waals surface area (Å²) in [5.74, 6) is -0.865. The number of aliphatic carboxylic acids is 1. The second-order valence-corrected chi connectivity index (χ2v) is 3.55. The molecule has 0 fully saturated rings. The lowest BCUT2D eigenvalue weighted by atomic mass is 10.00. The number of rotatable bonds is 3. The molecular formula is C11H16ClNO2. The molecule has 0 aliphatic heterocycles. The number of hydrogen-bond donors (Lipinski definition) is 2. The van der Waals surface area contributed by atoms with Crippen LogP contribution in [0, 0.1) is 13.8 Å². The van der Waals surface area contributed by atoms with Gasteiger partial charge in [-0.25, -0.2) is 0 Å². The van der Waals surface area contributed by atoms with Gasteiger partial charge < -0.3 is 10.8 Å². The largest absolute Gasteiger partial charge is 0.481 e. The fraction of sp³-hybridized carbons (Fsp3) is 0.364. The van der Waals surface area contributed by atoms with E-state index < -0.39 is 12.0 Å². The Balaban J connectivity index is 0.00000196. The van der Waals surface area contributed by atoms with Crippen molar-refractivity contribution < 1.29 is 9.90 Å². The van der Waals surface area contributed by atoms with Crippen LogP contribution in [0.15, 0.2) is 18.2 Å². The molecule has 0 radical (unpaired) electrons. The lowest BCUT2D eigenvalue weighted by Gasteiger charge is -2.11. The number of halogens is 1. The number of carboxylic acid groups (broad SMARTS) is 1. The van der Waals surface area contributed by atoms with Crippen LogP contribution in [0.25, 0.3) is 0 Å². The van der Waals surface area contributed by atoms with Crippen LogP contribution in [0.2, 0.25) is 0 Å². The third kappa shape index (κ3) is 3.90. The second-order valence-electron chi connectivity index (χ2n) is 3.55. The van der Waals surface area contributed by atoms with Crippen molar-refractivity contribution in [3.8, 4) is 0 Å². The van der Waals surface area contributed by atoms with E-state index in [1.807, 2.05) is 32.0 Å².